The van der Waals surface area contributed by atoms with Crippen molar-refractivity contribution in [1.82, 2.24) is 10.2 Å². The molecular formula is C11H24N2Se. The standard InChI is InChI=1S/C11H24N2Se/c1-6-7-8-12-11(14)13(9(2)3)10(4)5/h9-10H,6-8H2,1-5H3,(H,12,14). The Hall–Kier alpha value is -0.0105. The molecule has 0 bridgehead atoms. The van der Waals surface area contributed by atoms with Gasteiger partial charge in [0.25, 0.3) is 0 Å². The van der Waals surface area contributed by atoms with Crippen molar-refractivity contribution in [2.75, 3.05) is 6.54 Å². The maximum absolute atomic E-state index is 3.43. The number of rotatable bonds is 7. The van der Waals surface area contributed by atoms with Crippen LogP contribution in [0.2, 0.25) is 0 Å². The van der Waals surface area contributed by atoms with Crippen LogP contribution in [-0.4, -0.2) is 43.8 Å². The zero-order chi connectivity index (χ0) is 11.1. The zero-order valence-electron chi connectivity index (χ0n) is 10.1. The van der Waals surface area contributed by atoms with Gasteiger partial charge in [-0.25, -0.2) is 0 Å². The van der Waals surface area contributed by atoms with E-state index in [-0.39, 0.29) is 0 Å². The molecular weight excluding hydrogens is 239 g/mol. The first-order valence-corrected chi connectivity index (χ1v) is 6.42. The molecule has 0 aromatic carbocycles. The van der Waals surface area contributed by atoms with Gasteiger partial charge in [0, 0.05) is 0 Å². The molecule has 0 saturated carbocycles. The molecule has 0 unspecified atom stereocenters. The van der Waals surface area contributed by atoms with Gasteiger partial charge in [-0.1, -0.05) is 0 Å². The number of nitrogens with zero attached hydrogens (tertiary/aromatic N) is 1. The molecule has 1 N–H and O–H groups in total. The quantitative estimate of drug-likeness (QED) is 0.556. The first kappa shape index (κ1) is 14.0. The van der Waals surface area contributed by atoms with Gasteiger partial charge in [0.1, 0.15) is 0 Å². The Morgan fingerprint density at radius 3 is 2.07 bits per heavy atom. The average Bonchev–Trinajstić information content (AvgIpc) is 2.03. The third-order valence-corrected chi connectivity index (χ3v) is 2.90. The third-order valence-electron chi connectivity index (χ3n) is 2.15. The molecule has 0 aliphatic rings. The minimum atomic E-state index is 0.542. The molecule has 14 heavy (non-hydrogen) atoms. The molecule has 0 rings (SSSR count). The van der Waals surface area contributed by atoms with Gasteiger partial charge < -0.3 is 0 Å². The van der Waals surface area contributed by atoms with Crippen LogP contribution < -0.4 is 5.32 Å². The predicted molar refractivity (Wildman–Crippen MR) is 65.8 cm³/mol. The van der Waals surface area contributed by atoms with E-state index < -0.39 is 0 Å². The summed E-state index contributed by atoms with van der Waals surface area (Å²) < 4.78 is 1.18. The van der Waals surface area contributed by atoms with Gasteiger partial charge in [0.05, 0.1) is 0 Å². The minimum absolute atomic E-state index is 0.542. The fourth-order valence-electron chi connectivity index (χ4n) is 1.53. The third kappa shape index (κ3) is 5.02. The molecule has 0 amide bonds. The Balaban J connectivity index is 4.03. The van der Waals surface area contributed by atoms with E-state index in [1.54, 1.807) is 0 Å². The summed E-state index contributed by atoms with van der Waals surface area (Å²) in [6.45, 7) is 12.2. The average molecular weight is 263 g/mol. The Morgan fingerprint density at radius 2 is 1.71 bits per heavy atom. The number of hydrogen-bond acceptors (Lipinski definition) is 2. The predicted octanol–water partition coefficient (Wildman–Crippen LogP) is 1.75. The van der Waals surface area contributed by atoms with Crippen molar-refractivity contribution in [2.24, 2.45) is 0 Å². The van der Waals surface area contributed by atoms with Gasteiger partial charge >= 0.3 is 96.5 Å². The summed E-state index contributed by atoms with van der Waals surface area (Å²) in [5.74, 6) is 0. The van der Waals surface area contributed by atoms with Crippen molar-refractivity contribution in [3.8, 4) is 0 Å². The summed E-state index contributed by atoms with van der Waals surface area (Å²) in [7, 11) is 0. The van der Waals surface area contributed by atoms with Crippen LogP contribution in [0.25, 0.3) is 0 Å². The molecule has 0 fully saturated rings. The van der Waals surface area contributed by atoms with Crippen molar-refractivity contribution in [3.63, 3.8) is 0 Å². The van der Waals surface area contributed by atoms with Crippen LogP contribution >= 0.6 is 0 Å². The van der Waals surface area contributed by atoms with E-state index in [0.717, 1.165) is 6.54 Å². The molecule has 0 saturated heterocycles. The molecule has 0 spiro atoms. The normalized spacial score (nSPS) is 10.8. The van der Waals surface area contributed by atoms with E-state index in [0.29, 0.717) is 12.1 Å². The molecule has 0 atom stereocenters. The van der Waals surface area contributed by atoms with E-state index in [9.17, 15) is 0 Å². The topological polar surface area (TPSA) is 15.3 Å². The van der Waals surface area contributed by atoms with Crippen LogP contribution in [0.1, 0.15) is 47.5 Å². The van der Waals surface area contributed by atoms with Crippen LogP contribution in [0, 0.1) is 0 Å². The summed E-state index contributed by atoms with van der Waals surface area (Å²) >= 11 is 3.13. The van der Waals surface area contributed by atoms with Crippen molar-refractivity contribution in [3.05, 3.63) is 0 Å². The molecule has 3 heteroatoms. The van der Waals surface area contributed by atoms with Crippen LogP contribution in [0.5, 0.6) is 0 Å². The SMILES string of the molecule is CCCCNC(=[Se])N(C(C)C)C(C)C. The van der Waals surface area contributed by atoms with Crippen LogP contribution in [0.15, 0.2) is 0 Å². The fraction of sp³-hybridized carbons (Fsp3) is 0.909. The fourth-order valence-corrected chi connectivity index (χ4v) is 2.63. The molecule has 0 heterocycles. The van der Waals surface area contributed by atoms with E-state index in [4.69, 9.17) is 0 Å². The summed E-state index contributed by atoms with van der Waals surface area (Å²) in [5, 5.41) is 3.43. The zero-order valence-corrected chi connectivity index (χ0v) is 11.8. The second kappa shape index (κ2) is 7.30. The summed E-state index contributed by atoms with van der Waals surface area (Å²) in [6.07, 6.45) is 2.47. The van der Waals surface area contributed by atoms with Crippen LogP contribution in [-0.2, 0) is 0 Å². The Labute approximate surface area is 96.8 Å². The first-order chi connectivity index (χ1) is 6.50. The molecule has 0 aliphatic carbocycles. The van der Waals surface area contributed by atoms with Crippen molar-refractivity contribution < 1.29 is 0 Å². The van der Waals surface area contributed by atoms with E-state index in [2.05, 4.69) is 60.4 Å². The van der Waals surface area contributed by atoms with Crippen molar-refractivity contribution in [1.29, 1.82) is 0 Å². The summed E-state index contributed by atoms with van der Waals surface area (Å²) in [4.78, 5) is 2.37. The van der Waals surface area contributed by atoms with Gasteiger partial charge in [-0.3, -0.25) is 0 Å². The van der Waals surface area contributed by atoms with Gasteiger partial charge in [0.2, 0.25) is 0 Å². The summed E-state index contributed by atoms with van der Waals surface area (Å²) in [5.41, 5.74) is 0. The Kier molecular flexibility index (Phi) is 7.30. The number of hydrogen-bond donors (Lipinski definition) is 1. The second-order valence-corrected chi connectivity index (χ2v) is 4.99. The monoisotopic (exact) mass is 264 g/mol. The Morgan fingerprint density at radius 1 is 1.21 bits per heavy atom. The molecule has 2 nitrogen and oxygen atoms in total. The molecule has 0 aromatic heterocycles. The maximum atomic E-state index is 3.43. The van der Waals surface area contributed by atoms with E-state index in [1.807, 2.05) is 0 Å². The molecule has 0 radical (unpaired) electrons. The summed E-state index contributed by atoms with van der Waals surface area (Å²) in [6, 6.07) is 1.08. The van der Waals surface area contributed by atoms with Crippen molar-refractivity contribution >= 4 is 20.2 Å². The van der Waals surface area contributed by atoms with Gasteiger partial charge in [-0.05, 0) is 0 Å². The van der Waals surface area contributed by atoms with E-state index in [1.165, 1.54) is 17.5 Å². The number of unbranched alkanes of at least 4 members (excludes halogenated alkanes) is 1. The van der Waals surface area contributed by atoms with Gasteiger partial charge in [-0.2, -0.15) is 0 Å². The van der Waals surface area contributed by atoms with Gasteiger partial charge in [0.15, 0.2) is 0 Å². The molecule has 0 aliphatic heterocycles. The molecule has 84 valence electrons. The number of nitrogens with one attached hydrogen (secondary N) is 1. The van der Waals surface area contributed by atoms with Gasteiger partial charge in [-0.15, -0.1) is 0 Å². The van der Waals surface area contributed by atoms with Crippen molar-refractivity contribution in [2.45, 2.75) is 59.5 Å². The van der Waals surface area contributed by atoms with Crippen LogP contribution in [0.4, 0.5) is 0 Å². The van der Waals surface area contributed by atoms with E-state index >= 15 is 0 Å². The second-order valence-electron chi connectivity index (χ2n) is 4.18. The first-order valence-electron chi connectivity index (χ1n) is 5.56. The van der Waals surface area contributed by atoms with Crippen LogP contribution in [0.3, 0.4) is 0 Å². The molecule has 0 aromatic rings. The Bertz CT molecular complexity index is 159.